The van der Waals surface area contributed by atoms with Crippen LogP contribution in [-0.2, 0) is 12.1 Å². The van der Waals surface area contributed by atoms with E-state index in [9.17, 15) is 5.11 Å². The normalized spacial score (nSPS) is 19.8. The van der Waals surface area contributed by atoms with E-state index < -0.39 is 5.60 Å². The maximum atomic E-state index is 10.7. The van der Waals surface area contributed by atoms with Crippen LogP contribution >= 0.6 is 0 Å². The molecule has 1 aliphatic rings. The van der Waals surface area contributed by atoms with Crippen LogP contribution in [-0.4, -0.2) is 22.0 Å². The zero-order chi connectivity index (χ0) is 12.5. The molecule has 1 unspecified atom stereocenters. The van der Waals surface area contributed by atoms with E-state index in [1.807, 2.05) is 18.5 Å². The molecule has 0 amide bonds. The first-order valence-corrected chi connectivity index (χ1v) is 6.41. The number of hydrogen-bond donors (Lipinski definition) is 1. The Hall–Kier alpha value is -1.03. The predicted octanol–water partition coefficient (Wildman–Crippen LogP) is 2.31. The van der Waals surface area contributed by atoms with Crippen LogP contribution in [0.15, 0.2) is 6.20 Å². The summed E-state index contributed by atoms with van der Waals surface area (Å²) < 4.78 is 7.13. The molecule has 1 aromatic heterocycles. The van der Waals surface area contributed by atoms with Gasteiger partial charge in [-0.3, -0.25) is 4.68 Å². The minimum atomic E-state index is -0.844. The lowest BCUT2D eigenvalue weighted by Gasteiger charge is -2.34. The summed E-state index contributed by atoms with van der Waals surface area (Å²) in [5.41, 5.74) is -0.0300. The molecular weight excluding hydrogens is 216 g/mol. The molecule has 0 aliphatic heterocycles. The summed E-state index contributed by atoms with van der Waals surface area (Å²) in [5, 5.41) is 14.9. The lowest BCUT2D eigenvalue weighted by Crippen LogP contribution is -2.31. The zero-order valence-electron chi connectivity index (χ0n) is 10.9. The van der Waals surface area contributed by atoms with Gasteiger partial charge in [0.2, 0.25) is 0 Å². The van der Waals surface area contributed by atoms with Gasteiger partial charge < -0.3 is 9.84 Å². The van der Waals surface area contributed by atoms with Crippen LogP contribution in [0.2, 0.25) is 0 Å². The van der Waals surface area contributed by atoms with Crippen LogP contribution in [0.4, 0.5) is 0 Å². The van der Waals surface area contributed by atoms with E-state index in [0.29, 0.717) is 11.7 Å². The molecule has 1 saturated carbocycles. The largest absolute Gasteiger partial charge is 0.493 e. The maximum absolute atomic E-state index is 10.7. The first kappa shape index (κ1) is 12.4. The molecule has 0 saturated heterocycles. The van der Waals surface area contributed by atoms with Gasteiger partial charge in [0.05, 0.1) is 13.3 Å². The third kappa shape index (κ3) is 2.32. The molecule has 0 bridgehead atoms. The van der Waals surface area contributed by atoms with Crippen molar-refractivity contribution in [3.63, 3.8) is 0 Å². The van der Waals surface area contributed by atoms with Crippen molar-refractivity contribution in [2.45, 2.75) is 51.7 Å². The number of aromatic nitrogens is 2. The highest BCUT2D eigenvalue weighted by atomic mass is 16.5. The highest BCUT2D eigenvalue weighted by Gasteiger charge is 2.35. The van der Waals surface area contributed by atoms with Crippen LogP contribution in [0, 0.1) is 5.92 Å². The molecule has 1 heterocycles. The van der Waals surface area contributed by atoms with Gasteiger partial charge in [0.15, 0.2) is 5.75 Å². The second kappa shape index (κ2) is 4.69. The molecule has 1 fully saturated rings. The van der Waals surface area contributed by atoms with Crippen molar-refractivity contribution in [3.8, 4) is 5.75 Å². The third-order valence-electron chi connectivity index (χ3n) is 3.75. The van der Waals surface area contributed by atoms with Crippen molar-refractivity contribution in [2.24, 2.45) is 5.92 Å². The van der Waals surface area contributed by atoms with Gasteiger partial charge >= 0.3 is 0 Å². The first-order valence-electron chi connectivity index (χ1n) is 6.41. The first-order chi connectivity index (χ1) is 8.08. The fourth-order valence-corrected chi connectivity index (χ4v) is 2.66. The molecule has 0 radical (unpaired) electrons. The van der Waals surface area contributed by atoms with Crippen LogP contribution < -0.4 is 4.74 Å². The Morgan fingerprint density at radius 3 is 2.76 bits per heavy atom. The van der Waals surface area contributed by atoms with Crippen molar-refractivity contribution in [3.05, 3.63) is 11.9 Å². The average Bonchev–Trinajstić information content (AvgIpc) is 2.67. The van der Waals surface area contributed by atoms with E-state index in [0.717, 1.165) is 18.7 Å². The molecule has 96 valence electrons. The van der Waals surface area contributed by atoms with Crippen LogP contribution in [0.3, 0.4) is 0 Å². The zero-order valence-corrected chi connectivity index (χ0v) is 10.9. The van der Waals surface area contributed by atoms with E-state index in [1.165, 1.54) is 19.3 Å². The standard InChI is InChI=1S/C13H22N2O2/c1-4-15-12(11(17-3)9-14-15)13(2,16)8-10-6-5-7-10/h9-10,16H,4-8H2,1-3H3. The Kier molecular flexibility index (Phi) is 3.43. The van der Waals surface area contributed by atoms with Crippen LogP contribution in [0.5, 0.6) is 5.75 Å². The molecule has 1 aromatic rings. The molecule has 0 aromatic carbocycles. The van der Waals surface area contributed by atoms with E-state index in [1.54, 1.807) is 13.3 Å². The Balaban J connectivity index is 2.25. The fourth-order valence-electron chi connectivity index (χ4n) is 2.66. The molecular formula is C13H22N2O2. The van der Waals surface area contributed by atoms with Gasteiger partial charge in [-0.25, -0.2) is 0 Å². The topological polar surface area (TPSA) is 47.3 Å². The minimum Gasteiger partial charge on any atom is -0.493 e. The van der Waals surface area contributed by atoms with Gasteiger partial charge in [-0.2, -0.15) is 5.10 Å². The molecule has 4 nitrogen and oxygen atoms in total. The van der Waals surface area contributed by atoms with Gasteiger partial charge in [-0.05, 0) is 26.2 Å². The van der Waals surface area contributed by atoms with Gasteiger partial charge in [0, 0.05) is 6.54 Å². The van der Waals surface area contributed by atoms with Gasteiger partial charge in [-0.1, -0.05) is 19.3 Å². The summed E-state index contributed by atoms with van der Waals surface area (Å²) in [5.74, 6) is 1.34. The predicted molar refractivity (Wildman–Crippen MR) is 66.0 cm³/mol. The summed E-state index contributed by atoms with van der Waals surface area (Å²) in [6, 6.07) is 0. The average molecular weight is 238 g/mol. The number of ether oxygens (including phenoxy) is 1. The van der Waals surface area contributed by atoms with E-state index in [-0.39, 0.29) is 0 Å². The van der Waals surface area contributed by atoms with E-state index >= 15 is 0 Å². The lowest BCUT2D eigenvalue weighted by atomic mass is 9.77. The van der Waals surface area contributed by atoms with Crippen molar-refractivity contribution in [2.75, 3.05) is 7.11 Å². The van der Waals surface area contributed by atoms with Gasteiger partial charge in [0.25, 0.3) is 0 Å². The summed E-state index contributed by atoms with van der Waals surface area (Å²) in [6.07, 6.45) is 6.26. The lowest BCUT2D eigenvalue weighted by molar-refractivity contribution is 0.00638. The summed E-state index contributed by atoms with van der Waals surface area (Å²) >= 11 is 0. The number of hydrogen-bond acceptors (Lipinski definition) is 3. The Labute approximate surface area is 103 Å². The maximum Gasteiger partial charge on any atom is 0.162 e. The second-order valence-electron chi connectivity index (χ2n) is 5.15. The van der Waals surface area contributed by atoms with Crippen molar-refractivity contribution < 1.29 is 9.84 Å². The third-order valence-corrected chi connectivity index (χ3v) is 3.75. The quantitative estimate of drug-likeness (QED) is 0.856. The highest BCUT2D eigenvalue weighted by Crippen LogP contribution is 2.40. The number of nitrogens with zero attached hydrogens (tertiary/aromatic N) is 2. The van der Waals surface area contributed by atoms with Gasteiger partial charge in [-0.15, -0.1) is 0 Å². The smallest absolute Gasteiger partial charge is 0.162 e. The SMILES string of the molecule is CCn1ncc(OC)c1C(C)(O)CC1CCC1. The summed E-state index contributed by atoms with van der Waals surface area (Å²) in [7, 11) is 1.62. The fraction of sp³-hybridized carbons (Fsp3) is 0.769. The summed E-state index contributed by atoms with van der Waals surface area (Å²) in [6.45, 7) is 4.64. The van der Waals surface area contributed by atoms with Gasteiger partial charge in [0.1, 0.15) is 11.3 Å². The van der Waals surface area contributed by atoms with Crippen LogP contribution in [0.25, 0.3) is 0 Å². The molecule has 0 spiro atoms. The minimum absolute atomic E-state index is 0.648. The molecule has 2 rings (SSSR count). The highest BCUT2D eigenvalue weighted by molar-refractivity contribution is 5.30. The molecule has 1 atom stereocenters. The van der Waals surface area contributed by atoms with E-state index in [2.05, 4.69) is 5.10 Å². The van der Waals surface area contributed by atoms with Crippen molar-refractivity contribution in [1.82, 2.24) is 9.78 Å². The van der Waals surface area contributed by atoms with Crippen LogP contribution in [0.1, 0.15) is 45.2 Å². The molecule has 17 heavy (non-hydrogen) atoms. The number of rotatable bonds is 5. The molecule has 1 aliphatic carbocycles. The Morgan fingerprint density at radius 1 is 1.59 bits per heavy atom. The number of methoxy groups -OCH3 is 1. The number of aliphatic hydroxyl groups is 1. The van der Waals surface area contributed by atoms with Crippen molar-refractivity contribution in [1.29, 1.82) is 0 Å². The second-order valence-corrected chi connectivity index (χ2v) is 5.15. The Bertz CT molecular complexity index is 359. The Morgan fingerprint density at radius 2 is 2.29 bits per heavy atom. The van der Waals surface area contributed by atoms with E-state index in [4.69, 9.17) is 4.74 Å². The summed E-state index contributed by atoms with van der Waals surface area (Å²) in [4.78, 5) is 0. The number of aryl methyl sites for hydroxylation is 1. The monoisotopic (exact) mass is 238 g/mol. The molecule has 4 heteroatoms. The van der Waals surface area contributed by atoms with Crippen molar-refractivity contribution >= 4 is 0 Å². The molecule has 1 N–H and O–H groups in total.